The van der Waals surface area contributed by atoms with E-state index in [1.54, 1.807) is 12.4 Å². The number of carbonyl (C=O) groups is 1. The number of aromatic nitrogens is 3. The van der Waals surface area contributed by atoms with Crippen LogP contribution in [0.2, 0.25) is 0 Å². The highest BCUT2D eigenvalue weighted by Crippen LogP contribution is 2.36. The Morgan fingerprint density at radius 1 is 1.26 bits per heavy atom. The molecule has 0 unspecified atom stereocenters. The maximum absolute atomic E-state index is 12.7. The van der Waals surface area contributed by atoms with E-state index in [0.29, 0.717) is 15.7 Å². The van der Waals surface area contributed by atoms with Crippen LogP contribution in [0, 0.1) is 0 Å². The number of nitrogens with two attached hydrogens (primary N) is 1. The third kappa shape index (κ3) is 2.87. The fourth-order valence-corrected chi connectivity index (χ4v) is 5.00. The van der Waals surface area contributed by atoms with Crippen LogP contribution in [-0.4, -0.2) is 20.9 Å². The minimum absolute atomic E-state index is 0.247. The van der Waals surface area contributed by atoms with Crippen molar-refractivity contribution in [1.29, 1.82) is 0 Å². The van der Waals surface area contributed by atoms with Gasteiger partial charge in [0, 0.05) is 34.4 Å². The summed E-state index contributed by atoms with van der Waals surface area (Å²) < 4.78 is 0. The SMILES string of the molecule is Nc1c(C(=O)Nc2nc(-c3cccnc3)cs2)sc2nc3c(cc12)CCC3. The van der Waals surface area contributed by atoms with Gasteiger partial charge in [0.2, 0.25) is 0 Å². The van der Waals surface area contributed by atoms with Gasteiger partial charge in [-0.05, 0) is 43.0 Å². The molecule has 0 radical (unpaired) electrons. The van der Waals surface area contributed by atoms with Gasteiger partial charge < -0.3 is 5.73 Å². The van der Waals surface area contributed by atoms with E-state index in [-0.39, 0.29) is 5.91 Å². The molecule has 3 N–H and O–H groups in total. The van der Waals surface area contributed by atoms with Gasteiger partial charge in [-0.15, -0.1) is 22.7 Å². The Balaban J connectivity index is 1.43. The summed E-state index contributed by atoms with van der Waals surface area (Å²) in [6.45, 7) is 0. The maximum Gasteiger partial charge on any atom is 0.269 e. The van der Waals surface area contributed by atoms with Gasteiger partial charge in [-0.1, -0.05) is 0 Å². The molecule has 0 aliphatic heterocycles. The minimum atomic E-state index is -0.247. The van der Waals surface area contributed by atoms with Gasteiger partial charge in [0.05, 0.1) is 11.4 Å². The first-order valence-electron chi connectivity index (χ1n) is 8.57. The van der Waals surface area contributed by atoms with Crippen LogP contribution in [0.15, 0.2) is 36.0 Å². The predicted molar refractivity (Wildman–Crippen MR) is 109 cm³/mol. The highest BCUT2D eigenvalue weighted by Gasteiger charge is 2.21. The molecule has 1 aliphatic rings. The zero-order valence-electron chi connectivity index (χ0n) is 14.2. The van der Waals surface area contributed by atoms with Crippen molar-refractivity contribution in [2.75, 3.05) is 11.1 Å². The molecular formula is C19H15N5OS2. The molecule has 0 aromatic carbocycles. The second-order valence-corrected chi connectivity index (χ2v) is 8.24. The van der Waals surface area contributed by atoms with Crippen molar-refractivity contribution in [3.8, 4) is 11.3 Å². The number of nitrogens with zero attached hydrogens (tertiary/aromatic N) is 3. The van der Waals surface area contributed by atoms with Gasteiger partial charge in [-0.3, -0.25) is 15.1 Å². The molecule has 27 heavy (non-hydrogen) atoms. The summed E-state index contributed by atoms with van der Waals surface area (Å²) in [6, 6.07) is 5.88. The molecule has 1 aliphatic carbocycles. The minimum Gasteiger partial charge on any atom is -0.397 e. The number of hydrogen-bond donors (Lipinski definition) is 2. The normalized spacial score (nSPS) is 13.0. The van der Waals surface area contributed by atoms with Crippen LogP contribution in [0.4, 0.5) is 10.8 Å². The second kappa shape index (κ2) is 6.40. The molecular weight excluding hydrogens is 378 g/mol. The van der Waals surface area contributed by atoms with E-state index in [4.69, 9.17) is 10.7 Å². The number of thiophene rings is 1. The molecule has 5 rings (SSSR count). The summed E-state index contributed by atoms with van der Waals surface area (Å²) in [5.41, 5.74) is 10.8. The van der Waals surface area contributed by atoms with Crippen LogP contribution in [0.1, 0.15) is 27.3 Å². The zero-order valence-corrected chi connectivity index (χ0v) is 15.9. The molecule has 0 bridgehead atoms. The average Bonchev–Trinajstić information content (AvgIpc) is 3.40. The molecule has 0 fully saturated rings. The molecule has 8 heteroatoms. The van der Waals surface area contributed by atoms with Crippen molar-refractivity contribution in [1.82, 2.24) is 15.0 Å². The number of anilines is 2. The van der Waals surface area contributed by atoms with Crippen molar-refractivity contribution >= 4 is 49.6 Å². The Labute approximate surface area is 163 Å². The number of pyridine rings is 2. The lowest BCUT2D eigenvalue weighted by Crippen LogP contribution is -2.11. The van der Waals surface area contributed by atoms with E-state index in [1.807, 2.05) is 17.5 Å². The molecule has 4 aromatic heterocycles. The molecule has 4 aromatic rings. The first-order valence-corrected chi connectivity index (χ1v) is 10.3. The van der Waals surface area contributed by atoms with E-state index < -0.39 is 0 Å². The highest BCUT2D eigenvalue weighted by atomic mass is 32.1. The number of carbonyl (C=O) groups excluding carboxylic acids is 1. The van der Waals surface area contributed by atoms with Crippen molar-refractivity contribution in [3.05, 3.63) is 52.1 Å². The molecule has 4 heterocycles. The number of rotatable bonds is 3. The van der Waals surface area contributed by atoms with Crippen molar-refractivity contribution in [3.63, 3.8) is 0 Å². The molecule has 0 saturated carbocycles. The number of nitrogens with one attached hydrogen (secondary N) is 1. The Kier molecular flexibility index (Phi) is 3.87. The first kappa shape index (κ1) is 16.3. The zero-order chi connectivity index (χ0) is 18.4. The van der Waals surface area contributed by atoms with Crippen LogP contribution in [-0.2, 0) is 12.8 Å². The smallest absolute Gasteiger partial charge is 0.269 e. The number of hydrogen-bond acceptors (Lipinski definition) is 7. The maximum atomic E-state index is 12.7. The molecule has 0 saturated heterocycles. The lowest BCUT2D eigenvalue weighted by Gasteiger charge is -2.01. The first-order chi connectivity index (χ1) is 13.2. The number of thiazole rings is 1. The van der Waals surface area contributed by atoms with Crippen LogP contribution >= 0.6 is 22.7 Å². The molecule has 0 spiro atoms. The summed E-state index contributed by atoms with van der Waals surface area (Å²) in [5, 5.41) is 6.16. The van der Waals surface area contributed by atoms with Gasteiger partial charge in [-0.25, -0.2) is 9.97 Å². The van der Waals surface area contributed by atoms with Crippen LogP contribution in [0.5, 0.6) is 0 Å². The summed E-state index contributed by atoms with van der Waals surface area (Å²) in [6.07, 6.45) is 6.63. The van der Waals surface area contributed by atoms with Crippen molar-refractivity contribution in [2.45, 2.75) is 19.3 Å². The standard InChI is InChI=1S/C19H15N5OS2/c20-15-12-7-10-3-1-5-13(10)22-18(12)27-16(15)17(25)24-19-23-14(9-26-19)11-4-2-6-21-8-11/h2,4,6-9H,1,3,5,20H2,(H,23,24,25). The third-order valence-corrected chi connectivity index (χ3v) is 6.51. The second-order valence-electron chi connectivity index (χ2n) is 6.38. The third-order valence-electron chi connectivity index (χ3n) is 4.64. The molecule has 1 amide bonds. The topological polar surface area (TPSA) is 93.8 Å². The van der Waals surface area contributed by atoms with Gasteiger partial charge in [0.15, 0.2) is 5.13 Å². The van der Waals surface area contributed by atoms with E-state index in [2.05, 4.69) is 21.4 Å². The van der Waals surface area contributed by atoms with E-state index in [9.17, 15) is 4.79 Å². The van der Waals surface area contributed by atoms with E-state index >= 15 is 0 Å². The van der Waals surface area contributed by atoms with Crippen LogP contribution in [0.3, 0.4) is 0 Å². The monoisotopic (exact) mass is 393 g/mol. The Hall–Kier alpha value is -2.84. The van der Waals surface area contributed by atoms with Crippen LogP contribution < -0.4 is 11.1 Å². The summed E-state index contributed by atoms with van der Waals surface area (Å²) in [5.74, 6) is -0.247. The average molecular weight is 393 g/mol. The summed E-state index contributed by atoms with van der Waals surface area (Å²) >= 11 is 2.71. The van der Waals surface area contributed by atoms with Gasteiger partial charge in [0.25, 0.3) is 5.91 Å². The van der Waals surface area contributed by atoms with Crippen LogP contribution in [0.25, 0.3) is 21.5 Å². The Morgan fingerprint density at radius 3 is 3.04 bits per heavy atom. The number of aryl methyl sites for hydroxylation is 2. The summed E-state index contributed by atoms with van der Waals surface area (Å²) in [7, 11) is 0. The highest BCUT2D eigenvalue weighted by molar-refractivity contribution is 7.21. The fraction of sp³-hybridized carbons (Fsp3) is 0.158. The van der Waals surface area contributed by atoms with Gasteiger partial charge >= 0.3 is 0 Å². The molecule has 134 valence electrons. The number of fused-ring (bicyclic) bond motifs is 2. The van der Waals surface area contributed by atoms with E-state index in [0.717, 1.165) is 46.4 Å². The number of amides is 1. The van der Waals surface area contributed by atoms with Crippen molar-refractivity contribution < 1.29 is 4.79 Å². The Morgan fingerprint density at radius 2 is 2.19 bits per heavy atom. The summed E-state index contributed by atoms with van der Waals surface area (Å²) in [4.78, 5) is 27.3. The molecule has 6 nitrogen and oxygen atoms in total. The number of nitrogen functional groups attached to an aromatic ring is 1. The quantitative estimate of drug-likeness (QED) is 0.546. The van der Waals surface area contributed by atoms with E-state index in [1.165, 1.54) is 28.2 Å². The van der Waals surface area contributed by atoms with Gasteiger partial charge in [-0.2, -0.15) is 0 Å². The Bertz CT molecular complexity index is 1170. The van der Waals surface area contributed by atoms with Gasteiger partial charge in [0.1, 0.15) is 9.71 Å². The molecule has 0 atom stereocenters. The van der Waals surface area contributed by atoms with Crippen molar-refractivity contribution in [2.24, 2.45) is 0 Å². The lowest BCUT2D eigenvalue weighted by molar-refractivity contribution is 0.103. The fourth-order valence-electron chi connectivity index (χ4n) is 3.30. The predicted octanol–water partition coefficient (Wildman–Crippen LogP) is 4.14. The largest absolute Gasteiger partial charge is 0.397 e. The lowest BCUT2D eigenvalue weighted by atomic mass is 10.1.